The van der Waals surface area contributed by atoms with Gasteiger partial charge in [0.2, 0.25) is 11.8 Å². The van der Waals surface area contributed by atoms with Crippen LogP contribution in [0, 0.1) is 13.8 Å². The molecule has 1 aliphatic carbocycles. The van der Waals surface area contributed by atoms with Gasteiger partial charge in [-0.25, -0.2) is 0 Å². The number of amides is 2. The maximum atomic E-state index is 14.0. The van der Waals surface area contributed by atoms with Gasteiger partial charge in [0.25, 0.3) is 0 Å². The molecule has 36 heavy (non-hydrogen) atoms. The first kappa shape index (κ1) is 26.2. The van der Waals surface area contributed by atoms with E-state index in [0.29, 0.717) is 13.0 Å². The number of carbonyl (C=O) groups is 2. The average molecular weight is 548 g/mol. The Hall–Kier alpha value is -2.92. The Morgan fingerprint density at radius 2 is 1.64 bits per heavy atom. The molecule has 4 nitrogen and oxygen atoms in total. The lowest BCUT2D eigenvalue weighted by atomic mass is 9.99. The highest BCUT2D eigenvalue weighted by Gasteiger charge is 2.32. The van der Waals surface area contributed by atoms with E-state index < -0.39 is 6.04 Å². The molecule has 5 heteroatoms. The lowest BCUT2D eigenvalue weighted by Crippen LogP contribution is -2.52. The minimum atomic E-state index is -0.589. The van der Waals surface area contributed by atoms with Crippen molar-refractivity contribution in [3.8, 4) is 0 Å². The predicted octanol–water partition coefficient (Wildman–Crippen LogP) is 6.31. The van der Waals surface area contributed by atoms with Gasteiger partial charge in [0.1, 0.15) is 6.04 Å². The van der Waals surface area contributed by atoms with Crippen LogP contribution in [0.25, 0.3) is 0 Å². The van der Waals surface area contributed by atoms with Gasteiger partial charge in [-0.3, -0.25) is 9.59 Å². The normalized spacial score (nSPS) is 14.4. The summed E-state index contributed by atoms with van der Waals surface area (Å²) in [5, 5.41) is 3.27. The molecule has 1 aliphatic rings. The molecule has 188 valence electrons. The highest BCUT2D eigenvalue weighted by Crippen LogP contribution is 2.22. The molecule has 0 radical (unpaired) electrons. The standard InChI is InChI=1S/C31H35BrN2O2/c1-22-12-13-23(2)26(18-22)20-30(35)34(21-25-14-16-27(32)17-15-25)29(19-24-8-4-3-5-9-24)31(36)33-28-10-6-7-11-28/h3-5,8-9,12-18,28-29H,6-7,10-11,19-21H2,1-2H3,(H,33,36)/t29-/m0/s1. The molecule has 0 saturated heterocycles. The van der Waals surface area contributed by atoms with Gasteiger partial charge in [-0.15, -0.1) is 0 Å². The lowest BCUT2D eigenvalue weighted by molar-refractivity contribution is -0.141. The Labute approximate surface area is 223 Å². The van der Waals surface area contributed by atoms with E-state index in [1.165, 1.54) is 0 Å². The first-order chi connectivity index (χ1) is 17.4. The fourth-order valence-corrected chi connectivity index (χ4v) is 5.23. The fraction of sp³-hybridized carbons (Fsp3) is 0.355. The molecule has 0 aliphatic heterocycles. The van der Waals surface area contributed by atoms with E-state index in [1.54, 1.807) is 4.90 Å². The topological polar surface area (TPSA) is 49.4 Å². The summed E-state index contributed by atoms with van der Waals surface area (Å²) in [6.07, 6.45) is 5.05. The smallest absolute Gasteiger partial charge is 0.243 e. The van der Waals surface area contributed by atoms with Crippen molar-refractivity contribution in [2.24, 2.45) is 0 Å². The molecule has 1 saturated carbocycles. The van der Waals surface area contributed by atoms with Gasteiger partial charge in [-0.1, -0.05) is 95.0 Å². The number of aryl methyl sites for hydroxylation is 2. The third-order valence-electron chi connectivity index (χ3n) is 7.09. The maximum Gasteiger partial charge on any atom is 0.243 e. The summed E-state index contributed by atoms with van der Waals surface area (Å²) in [5.41, 5.74) is 5.27. The van der Waals surface area contributed by atoms with Gasteiger partial charge in [-0.05, 0) is 61.1 Å². The third kappa shape index (κ3) is 7.07. The molecule has 4 rings (SSSR count). The molecule has 0 aromatic heterocycles. The molecular formula is C31H35BrN2O2. The van der Waals surface area contributed by atoms with Crippen LogP contribution in [0.1, 0.15) is 53.5 Å². The van der Waals surface area contributed by atoms with Gasteiger partial charge in [-0.2, -0.15) is 0 Å². The van der Waals surface area contributed by atoms with E-state index in [-0.39, 0.29) is 24.3 Å². The molecule has 3 aromatic carbocycles. The molecule has 1 N–H and O–H groups in total. The van der Waals surface area contributed by atoms with E-state index in [0.717, 1.165) is 58.0 Å². The Kier molecular flexibility index (Phi) is 8.98. The highest BCUT2D eigenvalue weighted by molar-refractivity contribution is 9.10. The van der Waals surface area contributed by atoms with Crippen LogP contribution in [0.5, 0.6) is 0 Å². The van der Waals surface area contributed by atoms with Crippen LogP contribution in [0.3, 0.4) is 0 Å². The second-order valence-corrected chi connectivity index (χ2v) is 10.9. The zero-order valence-electron chi connectivity index (χ0n) is 21.2. The Bertz CT molecular complexity index is 1170. The van der Waals surface area contributed by atoms with Gasteiger partial charge in [0, 0.05) is 23.5 Å². The van der Waals surface area contributed by atoms with E-state index in [4.69, 9.17) is 0 Å². The van der Waals surface area contributed by atoms with Gasteiger partial charge in [0.05, 0.1) is 6.42 Å². The number of carbonyl (C=O) groups excluding carboxylic acids is 2. The SMILES string of the molecule is Cc1ccc(C)c(CC(=O)N(Cc2ccc(Br)cc2)[C@@H](Cc2ccccc2)C(=O)NC2CCCC2)c1. The number of halogens is 1. The summed E-state index contributed by atoms with van der Waals surface area (Å²) < 4.78 is 0.985. The fourth-order valence-electron chi connectivity index (χ4n) is 4.96. The van der Waals surface area contributed by atoms with Crippen LogP contribution < -0.4 is 5.32 Å². The molecule has 1 fully saturated rings. The lowest BCUT2D eigenvalue weighted by Gasteiger charge is -2.32. The summed E-state index contributed by atoms with van der Waals surface area (Å²) in [6.45, 7) is 4.46. The molecule has 0 unspecified atom stereocenters. The average Bonchev–Trinajstić information content (AvgIpc) is 3.38. The third-order valence-corrected chi connectivity index (χ3v) is 7.61. The second kappa shape index (κ2) is 12.4. The van der Waals surface area contributed by atoms with Crippen molar-refractivity contribution in [3.63, 3.8) is 0 Å². The van der Waals surface area contributed by atoms with Gasteiger partial charge < -0.3 is 10.2 Å². The quantitative estimate of drug-likeness (QED) is 0.342. The molecule has 2 amide bonds. The van der Waals surface area contributed by atoms with Crippen molar-refractivity contribution in [2.75, 3.05) is 0 Å². The second-order valence-electron chi connectivity index (χ2n) is 9.95. The van der Waals surface area contributed by atoms with Crippen molar-refractivity contribution in [1.82, 2.24) is 10.2 Å². The van der Waals surface area contributed by atoms with Crippen LogP contribution in [0.15, 0.2) is 77.3 Å². The number of hydrogen-bond donors (Lipinski definition) is 1. The van der Waals surface area contributed by atoms with E-state index in [9.17, 15) is 9.59 Å². The molecule has 0 bridgehead atoms. The largest absolute Gasteiger partial charge is 0.352 e. The summed E-state index contributed by atoms with van der Waals surface area (Å²) in [6, 6.07) is 23.8. The van der Waals surface area contributed by atoms with Crippen molar-refractivity contribution < 1.29 is 9.59 Å². The van der Waals surface area contributed by atoms with E-state index >= 15 is 0 Å². The Morgan fingerprint density at radius 1 is 0.944 bits per heavy atom. The van der Waals surface area contributed by atoms with Gasteiger partial charge in [0.15, 0.2) is 0 Å². The van der Waals surface area contributed by atoms with Crippen LogP contribution in [-0.2, 0) is 29.0 Å². The Morgan fingerprint density at radius 3 is 2.33 bits per heavy atom. The minimum Gasteiger partial charge on any atom is -0.352 e. The number of benzene rings is 3. The summed E-state index contributed by atoms with van der Waals surface area (Å²) in [5.74, 6) is -0.0914. The van der Waals surface area contributed by atoms with Crippen LogP contribution in [-0.4, -0.2) is 28.8 Å². The summed E-state index contributed by atoms with van der Waals surface area (Å²) in [4.78, 5) is 29.5. The highest BCUT2D eigenvalue weighted by atomic mass is 79.9. The molecular weight excluding hydrogens is 512 g/mol. The monoisotopic (exact) mass is 546 g/mol. The van der Waals surface area contributed by atoms with E-state index in [2.05, 4.69) is 39.4 Å². The van der Waals surface area contributed by atoms with Crippen molar-refractivity contribution in [2.45, 2.75) is 71.0 Å². The number of nitrogens with zero attached hydrogens (tertiary/aromatic N) is 1. The van der Waals surface area contributed by atoms with Crippen molar-refractivity contribution in [3.05, 3.63) is 105 Å². The van der Waals surface area contributed by atoms with Crippen LogP contribution in [0.2, 0.25) is 0 Å². The van der Waals surface area contributed by atoms with Crippen molar-refractivity contribution in [1.29, 1.82) is 0 Å². The summed E-state index contributed by atoms with van der Waals surface area (Å²) >= 11 is 3.50. The van der Waals surface area contributed by atoms with Crippen LogP contribution in [0.4, 0.5) is 0 Å². The number of rotatable bonds is 9. The predicted molar refractivity (Wildman–Crippen MR) is 149 cm³/mol. The Balaban J connectivity index is 1.67. The van der Waals surface area contributed by atoms with E-state index in [1.807, 2.05) is 68.4 Å². The summed E-state index contributed by atoms with van der Waals surface area (Å²) in [7, 11) is 0. The van der Waals surface area contributed by atoms with Crippen LogP contribution >= 0.6 is 15.9 Å². The molecule has 0 spiro atoms. The molecule has 3 aromatic rings. The first-order valence-corrected chi connectivity index (χ1v) is 13.6. The first-order valence-electron chi connectivity index (χ1n) is 12.8. The zero-order chi connectivity index (χ0) is 25.5. The number of hydrogen-bond acceptors (Lipinski definition) is 2. The minimum absolute atomic E-state index is 0.0332. The molecule has 0 heterocycles. The molecule has 1 atom stereocenters. The number of nitrogens with one attached hydrogen (secondary N) is 1. The van der Waals surface area contributed by atoms with Crippen molar-refractivity contribution >= 4 is 27.7 Å². The zero-order valence-corrected chi connectivity index (χ0v) is 22.8. The maximum absolute atomic E-state index is 14.0. The van der Waals surface area contributed by atoms with Gasteiger partial charge >= 0.3 is 0 Å².